The predicted octanol–water partition coefficient (Wildman–Crippen LogP) is 0.455. The summed E-state index contributed by atoms with van der Waals surface area (Å²) in [5.41, 5.74) is 0.617. The molecular formula is C14H20N4O3S. The zero-order valence-electron chi connectivity index (χ0n) is 12.6. The monoisotopic (exact) mass is 324 g/mol. The van der Waals surface area contributed by atoms with E-state index in [-0.39, 0.29) is 30.7 Å². The Bertz CT molecular complexity index is 558. The summed E-state index contributed by atoms with van der Waals surface area (Å²) in [4.78, 5) is 40.8. The van der Waals surface area contributed by atoms with Crippen LogP contribution in [0.5, 0.6) is 0 Å². The lowest BCUT2D eigenvalue weighted by Gasteiger charge is -2.10. The van der Waals surface area contributed by atoms with Gasteiger partial charge in [-0.1, -0.05) is 6.92 Å². The van der Waals surface area contributed by atoms with Gasteiger partial charge in [-0.25, -0.2) is 4.98 Å². The molecule has 0 saturated carbocycles. The number of rotatable bonds is 7. The van der Waals surface area contributed by atoms with E-state index >= 15 is 0 Å². The van der Waals surface area contributed by atoms with Gasteiger partial charge in [-0.2, -0.15) is 0 Å². The van der Waals surface area contributed by atoms with Crippen LogP contribution in [0.1, 0.15) is 31.9 Å². The smallest absolute Gasteiger partial charge is 0.239 e. The molecule has 0 aliphatic carbocycles. The van der Waals surface area contributed by atoms with Crippen LogP contribution >= 0.6 is 11.3 Å². The molecule has 1 aliphatic heterocycles. The maximum Gasteiger partial charge on any atom is 0.239 e. The molecule has 7 nitrogen and oxygen atoms in total. The van der Waals surface area contributed by atoms with Crippen LogP contribution in [0.15, 0.2) is 5.38 Å². The van der Waals surface area contributed by atoms with E-state index in [0.717, 1.165) is 12.8 Å². The third-order valence-corrected chi connectivity index (χ3v) is 4.12. The van der Waals surface area contributed by atoms with Gasteiger partial charge in [-0.15, -0.1) is 11.3 Å². The molecule has 22 heavy (non-hydrogen) atoms. The van der Waals surface area contributed by atoms with Gasteiger partial charge in [0, 0.05) is 24.9 Å². The Kier molecular flexibility index (Phi) is 5.88. The van der Waals surface area contributed by atoms with E-state index in [1.165, 1.54) is 11.3 Å². The summed E-state index contributed by atoms with van der Waals surface area (Å²) in [5, 5.41) is 7.67. The van der Waals surface area contributed by atoms with Crippen LogP contribution in [0.3, 0.4) is 0 Å². The van der Waals surface area contributed by atoms with Gasteiger partial charge in [0.2, 0.25) is 17.7 Å². The number of amides is 3. The number of hydrogen-bond acceptors (Lipinski definition) is 5. The van der Waals surface area contributed by atoms with Gasteiger partial charge < -0.3 is 10.6 Å². The number of aromatic nitrogens is 1. The van der Waals surface area contributed by atoms with Crippen molar-refractivity contribution in [2.24, 2.45) is 0 Å². The van der Waals surface area contributed by atoms with E-state index in [9.17, 15) is 14.4 Å². The molecular weight excluding hydrogens is 304 g/mol. The Balaban J connectivity index is 1.78. The second kappa shape index (κ2) is 7.88. The van der Waals surface area contributed by atoms with Crippen LogP contribution in [0.4, 0.5) is 5.13 Å². The van der Waals surface area contributed by atoms with E-state index in [4.69, 9.17) is 0 Å². The van der Waals surface area contributed by atoms with Gasteiger partial charge in [-0.3, -0.25) is 19.3 Å². The Morgan fingerprint density at radius 1 is 1.36 bits per heavy atom. The number of nitrogens with zero attached hydrogens (tertiary/aromatic N) is 2. The molecule has 0 aromatic carbocycles. The van der Waals surface area contributed by atoms with Crippen molar-refractivity contribution in [1.29, 1.82) is 0 Å². The molecule has 0 atom stereocenters. The Labute approximate surface area is 133 Å². The van der Waals surface area contributed by atoms with Gasteiger partial charge in [0.1, 0.15) is 0 Å². The minimum atomic E-state index is -0.253. The highest BCUT2D eigenvalue weighted by atomic mass is 32.1. The van der Waals surface area contributed by atoms with Crippen molar-refractivity contribution < 1.29 is 14.4 Å². The first-order valence-electron chi connectivity index (χ1n) is 7.38. The lowest BCUT2D eigenvalue weighted by Crippen LogP contribution is -2.37. The summed E-state index contributed by atoms with van der Waals surface area (Å²) in [6.07, 6.45) is 2.37. The topological polar surface area (TPSA) is 91.4 Å². The average Bonchev–Trinajstić information content (AvgIpc) is 3.11. The molecule has 2 heterocycles. The largest absolute Gasteiger partial charge is 0.355 e. The van der Waals surface area contributed by atoms with Gasteiger partial charge in [0.05, 0.1) is 18.7 Å². The zero-order chi connectivity index (χ0) is 15.9. The van der Waals surface area contributed by atoms with Crippen molar-refractivity contribution in [2.75, 3.05) is 24.5 Å². The molecule has 1 fully saturated rings. The van der Waals surface area contributed by atoms with Crippen molar-refractivity contribution in [3.63, 3.8) is 0 Å². The fourth-order valence-electron chi connectivity index (χ4n) is 2.08. The normalized spacial score (nSPS) is 14.2. The Morgan fingerprint density at radius 2 is 2.18 bits per heavy atom. The second-order valence-electron chi connectivity index (χ2n) is 5.07. The average molecular weight is 324 g/mol. The van der Waals surface area contributed by atoms with Crippen molar-refractivity contribution in [1.82, 2.24) is 15.6 Å². The molecule has 0 bridgehead atoms. The van der Waals surface area contributed by atoms with Crippen molar-refractivity contribution in [3.8, 4) is 0 Å². The van der Waals surface area contributed by atoms with Crippen LogP contribution in [-0.4, -0.2) is 42.3 Å². The highest BCUT2D eigenvalue weighted by molar-refractivity contribution is 7.14. The van der Waals surface area contributed by atoms with Crippen LogP contribution in [0, 0.1) is 0 Å². The maximum absolute atomic E-state index is 11.8. The molecule has 0 unspecified atom stereocenters. The van der Waals surface area contributed by atoms with Crippen molar-refractivity contribution >= 4 is 34.2 Å². The zero-order valence-corrected chi connectivity index (χ0v) is 13.4. The third-order valence-electron chi connectivity index (χ3n) is 3.20. The summed E-state index contributed by atoms with van der Waals surface area (Å²) >= 11 is 1.36. The lowest BCUT2D eigenvalue weighted by molar-refractivity contribution is -0.125. The fourth-order valence-corrected chi connectivity index (χ4v) is 2.95. The van der Waals surface area contributed by atoms with Gasteiger partial charge in [0.25, 0.3) is 0 Å². The molecule has 1 aromatic heterocycles. The first-order chi connectivity index (χ1) is 10.6. The molecule has 1 saturated heterocycles. The van der Waals surface area contributed by atoms with Crippen LogP contribution in [0.25, 0.3) is 0 Å². The number of nitrogens with one attached hydrogen (secondary N) is 2. The summed E-state index contributed by atoms with van der Waals surface area (Å²) in [6.45, 7) is 3.23. The van der Waals surface area contributed by atoms with E-state index in [2.05, 4.69) is 15.6 Å². The highest BCUT2D eigenvalue weighted by Crippen LogP contribution is 2.25. The van der Waals surface area contributed by atoms with Crippen molar-refractivity contribution in [2.45, 2.75) is 32.6 Å². The van der Waals surface area contributed by atoms with Crippen LogP contribution < -0.4 is 15.5 Å². The quantitative estimate of drug-likeness (QED) is 0.762. The van der Waals surface area contributed by atoms with Crippen LogP contribution in [0.2, 0.25) is 0 Å². The molecule has 120 valence electrons. The number of carbonyl (C=O) groups is 3. The van der Waals surface area contributed by atoms with E-state index < -0.39 is 0 Å². The van der Waals surface area contributed by atoms with Crippen molar-refractivity contribution in [3.05, 3.63) is 11.1 Å². The molecule has 1 aliphatic rings. The molecule has 2 rings (SSSR count). The minimum absolute atomic E-state index is 0.0273. The second-order valence-corrected chi connectivity index (χ2v) is 5.91. The minimum Gasteiger partial charge on any atom is -0.355 e. The number of carbonyl (C=O) groups excluding carboxylic acids is 3. The van der Waals surface area contributed by atoms with Gasteiger partial charge in [-0.05, 0) is 12.8 Å². The third kappa shape index (κ3) is 4.52. The van der Waals surface area contributed by atoms with E-state index in [1.807, 2.05) is 6.92 Å². The Hall–Kier alpha value is -1.96. The molecule has 0 spiro atoms. The molecule has 0 radical (unpaired) electrons. The fraction of sp³-hybridized carbons (Fsp3) is 0.571. The predicted molar refractivity (Wildman–Crippen MR) is 83.7 cm³/mol. The number of thiazole rings is 1. The summed E-state index contributed by atoms with van der Waals surface area (Å²) in [6, 6.07) is 0. The molecule has 3 amide bonds. The summed E-state index contributed by atoms with van der Waals surface area (Å²) in [5.74, 6) is -0.369. The first kappa shape index (κ1) is 16.4. The SMILES string of the molecule is CCCNC(=O)CNC(=O)Cc1csc(N2CCCC2=O)n1. The van der Waals surface area contributed by atoms with Gasteiger partial charge in [0.15, 0.2) is 5.13 Å². The molecule has 2 N–H and O–H groups in total. The maximum atomic E-state index is 11.8. The highest BCUT2D eigenvalue weighted by Gasteiger charge is 2.24. The van der Waals surface area contributed by atoms with Crippen LogP contribution in [-0.2, 0) is 20.8 Å². The summed E-state index contributed by atoms with van der Waals surface area (Å²) < 4.78 is 0. The Morgan fingerprint density at radius 3 is 2.86 bits per heavy atom. The molecule has 8 heteroatoms. The van der Waals surface area contributed by atoms with E-state index in [0.29, 0.717) is 30.3 Å². The first-order valence-corrected chi connectivity index (χ1v) is 8.26. The summed E-state index contributed by atoms with van der Waals surface area (Å²) in [7, 11) is 0. The van der Waals surface area contributed by atoms with Gasteiger partial charge >= 0.3 is 0 Å². The standard InChI is InChI=1S/C14H20N4O3S/c1-2-5-15-12(20)8-16-11(19)7-10-9-22-14(17-10)18-6-3-4-13(18)21/h9H,2-8H2,1H3,(H,15,20)(H,16,19). The molecule has 1 aromatic rings. The number of anilines is 1. The van der Waals surface area contributed by atoms with E-state index in [1.54, 1.807) is 10.3 Å². The lowest BCUT2D eigenvalue weighted by atomic mass is 10.3. The number of hydrogen-bond donors (Lipinski definition) is 2.